The van der Waals surface area contributed by atoms with Crippen molar-refractivity contribution in [3.8, 4) is 5.75 Å². The van der Waals surface area contributed by atoms with Crippen molar-refractivity contribution in [2.45, 2.75) is 32.2 Å². The number of anilines is 1. The van der Waals surface area contributed by atoms with Crippen molar-refractivity contribution in [3.05, 3.63) is 24.3 Å². The number of ether oxygens (including phenoxy) is 1. The number of para-hydroxylation sites is 2. The minimum atomic E-state index is 0.147. The predicted octanol–water partition coefficient (Wildman–Crippen LogP) is 2.65. The first-order valence-corrected chi connectivity index (χ1v) is 6.72. The van der Waals surface area contributed by atoms with Crippen molar-refractivity contribution in [1.29, 1.82) is 0 Å². The number of nitrogens with two attached hydrogens (primary N) is 1. The van der Waals surface area contributed by atoms with Crippen LogP contribution >= 0.6 is 0 Å². The number of benzene rings is 1. The maximum atomic E-state index is 5.73. The summed E-state index contributed by atoms with van der Waals surface area (Å²) in [5.41, 5.74) is 7.07. The van der Waals surface area contributed by atoms with Crippen molar-refractivity contribution >= 4 is 5.69 Å². The fourth-order valence-corrected chi connectivity index (χ4v) is 3.13. The van der Waals surface area contributed by atoms with Crippen molar-refractivity contribution in [2.75, 3.05) is 25.1 Å². The van der Waals surface area contributed by atoms with Crippen LogP contribution in [-0.2, 0) is 0 Å². The van der Waals surface area contributed by atoms with E-state index in [9.17, 15) is 0 Å². The summed E-state index contributed by atoms with van der Waals surface area (Å²) >= 11 is 0. The molecule has 1 aliphatic heterocycles. The van der Waals surface area contributed by atoms with Gasteiger partial charge in [0.1, 0.15) is 5.75 Å². The van der Waals surface area contributed by atoms with E-state index in [4.69, 9.17) is 10.5 Å². The molecular formula is C15H24N2O. The number of methoxy groups -OCH3 is 1. The first-order chi connectivity index (χ1) is 8.61. The van der Waals surface area contributed by atoms with Gasteiger partial charge >= 0.3 is 0 Å². The molecular weight excluding hydrogens is 224 g/mol. The van der Waals surface area contributed by atoms with E-state index < -0.39 is 0 Å². The Morgan fingerprint density at radius 3 is 2.78 bits per heavy atom. The summed E-state index contributed by atoms with van der Waals surface area (Å²) in [6, 6.07) is 8.26. The van der Waals surface area contributed by atoms with Crippen LogP contribution in [-0.4, -0.2) is 25.7 Å². The summed E-state index contributed by atoms with van der Waals surface area (Å²) in [7, 11) is 1.74. The van der Waals surface area contributed by atoms with Gasteiger partial charge in [-0.15, -0.1) is 0 Å². The van der Waals surface area contributed by atoms with Gasteiger partial charge < -0.3 is 15.4 Å². The Bertz CT molecular complexity index is 403. The molecule has 100 valence electrons. The Balaban J connectivity index is 2.29. The second-order valence-corrected chi connectivity index (χ2v) is 5.54. The molecule has 1 heterocycles. The molecule has 1 fully saturated rings. The zero-order valence-corrected chi connectivity index (χ0v) is 11.6. The third-order valence-corrected chi connectivity index (χ3v) is 4.29. The second kappa shape index (κ2) is 5.19. The van der Waals surface area contributed by atoms with Crippen LogP contribution in [0.1, 0.15) is 26.7 Å². The van der Waals surface area contributed by atoms with Crippen LogP contribution in [0.25, 0.3) is 0 Å². The minimum Gasteiger partial charge on any atom is -0.495 e. The number of hydrogen-bond donors (Lipinski definition) is 1. The van der Waals surface area contributed by atoms with Gasteiger partial charge in [0.2, 0.25) is 0 Å². The monoisotopic (exact) mass is 248 g/mol. The molecule has 2 N–H and O–H groups in total. The van der Waals surface area contributed by atoms with Gasteiger partial charge in [-0.05, 0) is 51.3 Å². The van der Waals surface area contributed by atoms with Crippen LogP contribution in [0, 0.1) is 5.92 Å². The fraction of sp³-hybridized carbons (Fsp3) is 0.600. The summed E-state index contributed by atoms with van der Waals surface area (Å²) < 4.78 is 5.48. The van der Waals surface area contributed by atoms with Gasteiger partial charge in [0.15, 0.2) is 0 Å². The van der Waals surface area contributed by atoms with Gasteiger partial charge in [0, 0.05) is 12.1 Å². The molecule has 1 atom stereocenters. The van der Waals surface area contributed by atoms with Crippen LogP contribution in [0.15, 0.2) is 24.3 Å². The van der Waals surface area contributed by atoms with E-state index in [1.54, 1.807) is 7.11 Å². The Labute approximate surface area is 110 Å². The second-order valence-electron chi connectivity index (χ2n) is 5.54. The van der Waals surface area contributed by atoms with Crippen LogP contribution in [0.4, 0.5) is 5.69 Å². The van der Waals surface area contributed by atoms with E-state index in [1.165, 1.54) is 12.1 Å². The maximum Gasteiger partial charge on any atom is 0.142 e. The lowest BCUT2D eigenvalue weighted by molar-refractivity contribution is 0.345. The van der Waals surface area contributed by atoms with Crippen LogP contribution < -0.4 is 15.4 Å². The highest BCUT2D eigenvalue weighted by molar-refractivity contribution is 5.60. The molecule has 0 saturated carbocycles. The third kappa shape index (κ3) is 2.19. The van der Waals surface area contributed by atoms with E-state index in [0.29, 0.717) is 5.92 Å². The van der Waals surface area contributed by atoms with Gasteiger partial charge in [-0.3, -0.25) is 0 Å². The quantitative estimate of drug-likeness (QED) is 0.890. The third-order valence-electron chi connectivity index (χ3n) is 4.29. The van der Waals surface area contributed by atoms with Crippen molar-refractivity contribution in [3.63, 3.8) is 0 Å². The summed E-state index contributed by atoms with van der Waals surface area (Å²) in [6.45, 7) is 6.48. The Morgan fingerprint density at radius 1 is 1.39 bits per heavy atom. The first kappa shape index (κ1) is 13.2. The van der Waals surface area contributed by atoms with E-state index in [-0.39, 0.29) is 5.54 Å². The molecule has 1 unspecified atom stereocenters. The van der Waals surface area contributed by atoms with E-state index in [1.807, 2.05) is 12.1 Å². The van der Waals surface area contributed by atoms with Crippen LogP contribution in [0.2, 0.25) is 0 Å². The molecule has 0 aliphatic carbocycles. The Kier molecular flexibility index (Phi) is 3.81. The molecule has 0 amide bonds. The number of hydrogen-bond acceptors (Lipinski definition) is 3. The van der Waals surface area contributed by atoms with Crippen LogP contribution in [0.3, 0.4) is 0 Å². The molecule has 3 heteroatoms. The maximum absolute atomic E-state index is 5.73. The molecule has 0 radical (unpaired) electrons. The molecule has 1 aromatic carbocycles. The van der Waals surface area contributed by atoms with Crippen molar-refractivity contribution in [2.24, 2.45) is 11.7 Å². The highest BCUT2D eigenvalue weighted by Crippen LogP contribution is 2.42. The van der Waals surface area contributed by atoms with Crippen LogP contribution in [0.5, 0.6) is 5.75 Å². The SMILES string of the molecule is COc1ccccc1N1CCC(CCN)C1(C)C. The zero-order valence-electron chi connectivity index (χ0n) is 11.6. The van der Waals surface area contributed by atoms with Gasteiger partial charge in [-0.2, -0.15) is 0 Å². The molecule has 18 heavy (non-hydrogen) atoms. The molecule has 1 aromatic rings. The molecule has 1 saturated heterocycles. The lowest BCUT2D eigenvalue weighted by Gasteiger charge is -2.38. The fourth-order valence-electron chi connectivity index (χ4n) is 3.13. The summed E-state index contributed by atoms with van der Waals surface area (Å²) in [5.74, 6) is 1.62. The van der Waals surface area contributed by atoms with Gasteiger partial charge in [-0.1, -0.05) is 12.1 Å². The lowest BCUT2D eigenvalue weighted by Crippen LogP contribution is -2.43. The summed E-state index contributed by atoms with van der Waals surface area (Å²) in [5, 5.41) is 0. The average molecular weight is 248 g/mol. The molecule has 0 spiro atoms. The minimum absolute atomic E-state index is 0.147. The largest absolute Gasteiger partial charge is 0.495 e. The Hall–Kier alpha value is -1.22. The zero-order chi connectivity index (χ0) is 13.2. The highest BCUT2D eigenvalue weighted by atomic mass is 16.5. The molecule has 0 aromatic heterocycles. The smallest absolute Gasteiger partial charge is 0.142 e. The molecule has 3 nitrogen and oxygen atoms in total. The van der Waals surface area contributed by atoms with Gasteiger partial charge in [0.25, 0.3) is 0 Å². The predicted molar refractivity (Wildman–Crippen MR) is 76.2 cm³/mol. The van der Waals surface area contributed by atoms with E-state index in [2.05, 4.69) is 30.9 Å². The average Bonchev–Trinajstić information content (AvgIpc) is 2.65. The normalized spacial score (nSPS) is 22.2. The summed E-state index contributed by atoms with van der Waals surface area (Å²) in [4.78, 5) is 2.46. The molecule has 1 aliphatic rings. The topological polar surface area (TPSA) is 38.5 Å². The highest BCUT2D eigenvalue weighted by Gasteiger charge is 2.41. The number of nitrogens with zero attached hydrogens (tertiary/aromatic N) is 1. The lowest BCUT2D eigenvalue weighted by atomic mass is 9.85. The Morgan fingerprint density at radius 2 is 2.11 bits per heavy atom. The first-order valence-electron chi connectivity index (χ1n) is 6.72. The van der Waals surface area contributed by atoms with Gasteiger partial charge in [0.05, 0.1) is 12.8 Å². The van der Waals surface area contributed by atoms with E-state index in [0.717, 1.165) is 25.3 Å². The standard InChI is InChI=1S/C15H24N2O/c1-15(2)12(8-10-16)9-11-17(15)13-6-4-5-7-14(13)18-3/h4-7,12H,8-11,16H2,1-3H3. The number of rotatable bonds is 4. The van der Waals surface area contributed by atoms with Crippen molar-refractivity contribution < 1.29 is 4.74 Å². The molecule has 2 rings (SSSR count). The summed E-state index contributed by atoms with van der Waals surface area (Å²) in [6.07, 6.45) is 2.31. The van der Waals surface area contributed by atoms with Crippen molar-refractivity contribution in [1.82, 2.24) is 0 Å². The van der Waals surface area contributed by atoms with E-state index >= 15 is 0 Å². The molecule has 0 bridgehead atoms. The van der Waals surface area contributed by atoms with Gasteiger partial charge in [-0.25, -0.2) is 0 Å².